The summed E-state index contributed by atoms with van der Waals surface area (Å²) < 4.78 is 0. The molecule has 0 aliphatic heterocycles. The Labute approximate surface area is 157 Å². The number of benzene rings is 2. The van der Waals surface area contributed by atoms with E-state index in [2.05, 4.69) is 42.5 Å². The van der Waals surface area contributed by atoms with Crippen LogP contribution in [0.5, 0.6) is 5.75 Å². The average Bonchev–Trinajstić information content (AvgIpc) is 3.33. The predicted octanol–water partition coefficient (Wildman–Crippen LogP) is 7.01. The second kappa shape index (κ2) is 6.76. The van der Waals surface area contributed by atoms with Crippen molar-refractivity contribution in [3.63, 3.8) is 0 Å². The van der Waals surface area contributed by atoms with Crippen molar-refractivity contribution in [1.82, 2.24) is 0 Å². The summed E-state index contributed by atoms with van der Waals surface area (Å²) in [6.45, 7) is 0. The van der Waals surface area contributed by atoms with Gasteiger partial charge >= 0.3 is 0 Å². The molecule has 3 fully saturated rings. The molecule has 0 spiro atoms. The van der Waals surface area contributed by atoms with Gasteiger partial charge in [-0.15, -0.1) is 0 Å². The van der Waals surface area contributed by atoms with Crippen LogP contribution in [0.15, 0.2) is 42.5 Å². The highest BCUT2D eigenvalue weighted by Crippen LogP contribution is 2.54. The van der Waals surface area contributed by atoms with Crippen molar-refractivity contribution in [2.45, 2.75) is 69.6 Å². The third-order valence-corrected chi connectivity index (χ3v) is 7.46. The molecule has 2 aromatic carbocycles. The van der Waals surface area contributed by atoms with Gasteiger partial charge in [0.15, 0.2) is 0 Å². The Morgan fingerprint density at radius 3 is 2.31 bits per heavy atom. The number of phenols is 1. The van der Waals surface area contributed by atoms with E-state index in [1.807, 2.05) is 0 Å². The van der Waals surface area contributed by atoms with Crippen LogP contribution in [0.4, 0.5) is 0 Å². The van der Waals surface area contributed by atoms with Crippen molar-refractivity contribution >= 4 is 0 Å². The maximum absolute atomic E-state index is 11.2. The molecule has 3 aliphatic carbocycles. The van der Waals surface area contributed by atoms with E-state index in [0.717, 1.165) is 28.9 Å². The van der Waals surface area contributed by atoms with E-state index in [-0.39, 0.29) is 0 Å². The molecule has 3 unspecified atom stereocenters. The van der Waals surface area contributed by atoms with Crippen molar-refractivity contribution in [2.75, 3.05) is 0 Å². The van der Waals surface area contributed by atoms with Gasteiger partial charge in [-0.1, -0.05) is 62.1 Å². The minimum Gasteiger partial charge on any atom is -0.507 e. The van der Waals surface area contributed by atoms with Gasteiger partial charge in [0.2, 0.25) is 0 Å². The highest BCUT2D eigenvalue weighted by molar-refractivity contribution is 5.73. The number of phenolic OH excluding ortho intramolecular Hbond substituents is 1. The Hall–Kier alpha value is -1.76. The van der Waals surface area contributed by atoms with Crippen LogP contribution < -0.4 is 0 Å². The van der Waals surface area contributed by atoms with E-state index < -0.39 is 0 Å². The minimum absolute atomic E-state index is 0.546. The van der Waals surface area contributed by atoms with Gasteiger partial charge in [0.1, 0.15) is 5.75 Å². The van der Waals surface area contributed by atoms with Crippen LogP contribution in [0, 0.1) is 11.8 Å². The summed E-state index contributed by atoms with van der Waals surface area (Å²) in [5, 5.41) is 11.2. The zero-order valence-electron chi connectivity index (χ0n) is 15.7. The number of hydrogen-bond donors (Lipinski definition) is 1. The lowest BCUT2D eigenvalue weighted by Gasteiger charge is -2.28. The molecular formula is C25H30O. The predicted molar refractivity (Wildman–Crippen MR) is 108 cm³/mol. The van der Waals surface area contributed by atoms with Crippen LogP contribution >= 0.6 is 0 Å². The quantitative estimate of drug-likeness (QED) is 0.633. The molecular weight excluding hydrogens is 316 g/mol. The molecule has 0 aromatic heterocycles. The van der Waals surface area contributed by atoms with Crippen LogP contribution in [0.2, 0.25) is 0 Å². The molecule has 5 rings (SSSR count). The molecule has 0 amide bonds. The lowest BCUT2D eigenvalue weighted by atomic mass is 9.77. The number of fused-ring (bicyclic) bond motifs is 2. The number of aromatic hydroxyl groups is 1. The Bertz CT molecular complexity index is 772. The van der Waals surface area contributed by atoms with Crippen molar-refractivity contribution in [1.29, 1.82) is 0 Å². The van der Waals surface area contributed by atoms with E-state index in [1.165, 1.54) is 68.9 Å². The molecule has 1 heteroatoms. The summed E-state index contributed by atoms with van der Waals surface area (Å²) in [7, 11) is 0. The summed E-state index contributed by atoms with van der Waals surface area (Å²) in [5.41, 5.74) is 4.97. The van der Waals surface area contributed by atoms with E-state index in [4.69, 9.17) is 0 Å². The first-order valence-corrected chi connectivity index (χ1v) is 10.7. The number of hydrogen-bond acceptors (Lipinski definition) is 1. The largest absolute Gasteiger partial charge is 0.507 e. The van der Waals surface area contributed by atoms with Gasteiger partial charge in [-0.3, -0.25) is 0 Å². The standard InChI is InChI=1S/C25H30O/c26-25-23(18-7-3-1-4-8-18)15-21(22-14-17-11-12-20(22)13-17)16-24(25)19-9-5-2-6-10-19/h1,3-4,7-8,15-17,19-20,22,26H,2,5-6,9-14H2. The maximum atomic E-state index is 11.2. The molecule has 1 nitrogen and oxygen atoms in total. The summed E-state index contributed by atoms with van der Waals surface area (Å²) in [6, 6.07) is 15.2. The van der Waals surface area contributed by atoms with E-state index in [1.54, 1.807) is 0 Å². The lowest BCUT2D eigenvalue weighted by Crippen LogP contribution is -2.11. The summed E-state index contributed by atoms with van der Waals surface area (Å²) in [5.74, 6) is 3.66. The van der Waals surface area contributed by atoms with Crippen LogP contribution in [0.1, 0.15) is 80.8 Å². The summed E-state index contributed by atoms with van der Waals surface area (Å²) >= 11 is 0. The monoisotopic (exact) mass is 346 g/mol. The molecule has 0 radical (unpaired) electrons. The smallest absolute Gasteiger partial charge is 0.126 e. The van der Waals surface area contributed by atoms with Crippen LogP contribution in [0.25, 0.3) is 11.1 Å². The van der Waals surface area contributed by atoms with Gasteiger partial charge in [-0.05, 0) is 78.5 Å². The first-order valence-electron chi connectivity index (χ1n) is 10.7. The molecule has 3 atom stereocenters. The third-order valence-electron chi connectivity index (χ3n) is 7.46. The number of rotatable bonds is 3. The normalized spacial score (nSPS) is 28.5. The Morgan fingerprint density at radius 2 is 1.62 bits per heavy atom. The highest BCUT2D eigenvalue weighted by Gasteiger charge is 2.40. The molecule has 26 heavy (non-hydrogen) atoms. The van der Waals surface area contributed by atoms with Crippen molar-refractivity contribution in [2.24, 2.45) is 11.8 Å². The summed E-state index contributed by atoms with van der Waals surface area (Å²) in [6.07, 6.45) is 12.1. The zero-order chi connectivity index (χ0) is 17.5. The molecule has 3 saturated carbocycles. The fourth-order valence-corrected chi connectivity index (χ4v) is 6.11. The fourth-order valence-electron chi connectivity index (χ4n) is 6.11. The van der Waals surface area contributed by atoms with Crippen molar-refractivity contribution in [3.05, 3.63) is 53.6 Å². The average molecular weight is 347 g/mol. The van der Waals surface area contributed by atoms with E-state index >= 15 is 0 Å². The molecule has 2 aromatic rings. The van der Waals surface area contributed by atoms with Crippen LogP contribution in [-0.2, 0) is 0 Å². The first kappa shape index (κ1) is 16.4. The fraction of sp³-hybridized carbons (Fsp3) is 0.520. The Morgan fingerprint density at radius 1 is 0.808 bits per heavy atom. The van der Waals surface area contributed by atoms with Gasteiger partial charge in [0.05, 0.1) is 0 Å². The lowest BCUT2D eigenvalue weighted by molar-refractivity contribution is 0.407. The second-order valence-corrected chi connectivity index (χ2v) is 8.99. The Balaban J connectivity index is 1.60. The molecule has 3 aliphatic rings. The SMILES string of the molecule is Oc1c(-c2ccccc2)cc(C2CC3CCC2C3)cc1C1CCCCC1. The van der Waals surface area contributed by atoms with Gasteiger partial charge in [-0.2, -0.15) is 0 Å². The second-order valence-electron chi connectivity index (χ2n) is 8.99. The van der Waals surface area contributed by atoms with Gasteiger partial charge in [-0.25, -0.2) is 0 Å². The molecule has 136 valence electrons. The van der Waals surface area contributed by atoms with Crippen molar-refractivity contribution < 1.29 is 5.11 Å². The van der Waals surface area contributed by atoms with Crippen molar-refractivity contribution in [3.8, 4) is 16.9 Å². The molecule has 0 saturated heterocycles. The topological polar surface area (TPSA) is 20.2 Å². The van der Waals surface area contributed by atoms with E-state index in [9.17, 15) is 5.11 Å². The van der Waals surface area contributed by atoms with Gasteiger partial charge in [0.25, 0.3) is 0 Å². The molecule has 0 heterocycles. The maximum Gasteiger partial charge on any atom is 0.126 e. The van der Waals surface area contributed by atoms with Gasteiger partial charge < -0.3 is 5.11 Å². The van der Waals surface area contributed by atoms with Gasteiger partial charge in [0, 0.05) is 5.56 Å². The molecule has 1 N–H and O–H groups in total. The summed E-state index contributed by atoms with van der Waals surface area (Å²) in [4.78, 5) is 0. The zero-order valence-corrected chi connectivity index (χ0v) is 15.7. The highest BCUT2D eigenvalue weighted by atomic mass is 16.3. The first-order chi connectivity index (χ1) is 12.8. The van der Waals surface area contributed by atoms with E-state index in [0.29, 0.717) is 11.7 Å². The molecule has 2 bridgehead atoms. The minimum atomic E-state index is 0.546. The Kier molecular flexibility index (Phi) is 4.27. The van der Waals surface area contributed by atoms with Crippen LogP contribution in [-0.4, -0.2) is 5.11 Å². The van der Waals surface area contributed by atoms with Crippen LogP contribution in [0.3, 0.4) is 0 Å². The third kappa shape index (κ3) is 2.86.